The lowest BCUT2D eigenvalue weighted by molar-refractivity contribution is 0.0945. The van der Waals surface area contributed by atoms with Crippen molar-refractivity contribution in [1.82, 2.24) is 9.55 Å². The topological polar surface area (TPSA) is 94.2 Å². The fourth-order valence-electron chi connectivity index (χ4n) is 3.55. The zero-order chi connectivity index (χ0) is 22.2. The number of anilines is 1. The molecule has 0 aliphatic heterocycles. The fourth-order valence-corrected chi connectivity index (χ4v) is 4.58. The summed E-state index contributed by atoms with van der Waals surface area (Å²) in [5.41, 5.74) is 1.45. The zero-order valence-corrected chi connectivity index (χ0v) is 17.8. The molecule has 0 atom stereocenters. The number of Topliss-reactive ketones (excluding diaryl/α,β-unsaturated/α-hetero) is 1. The highest BCUT2D eigenvalue weighted by atomic mass is 32.1. The fraction of sp³-hybridized carbons (Fsp3) is 0.0833. The van der Waals surface area contributed by atoms with Gasteiger partial charge < -0.3 is 9.73 Å². The Bertz CT molecular complexity index is 1510. The van der Waals surface area contributed by atoms with Crippen LogP contribution in [-0.2, 0) is 6.54 Å². The van der Waals surface area contributed by atoms with Crippen LogP contribution in [0.2, 0.25) is 0 Å². The molecule has 3 aromatic heterocycles. The molecule has 1 N–H and O–H groups in total. The normalized spacial score (nSPS) is 11.2. The number of thiophene rings is 1. The Morgan fingerprint density at radius 2 is 1.84 bits per heavy atom. The third kappa shape index (κ3) is 3.50. The van der Waals surface area contributed by atoms with Gasteiger partial charge in [-0.1, -0.05) is 36.4 Å². The molecule has 1 amide bonds. The van der Waals surface area contributed by atoms with Crippen molar-refractivity contribution < 1.29 is 14.0 Å². The highest BCUT2D eigenvalue weighted by Gasteiger charge is 2.21. The number of aryl methyl sites for hydroxylation is 1. The van der Waals surface area contributed by atoms with E-state index in [0.29, 0.717) is 31.9 Å². The summed E-state index contributed by atoms with van der Waals surface area (Å²) in [6.45, 7) is 1.51. The summed E-state index contributed by atoms with van der Waals surface area (Å²) < 4.78 is 6.86. The number of aromatic nitrogens is 2. The molecular weight excluding hydrogens is 426 g/mol. The lowest BCUT2D eigenvalue weighted by atomic mass is 10.2. The van der Waals surface area contributed by atoms with Gasteiger partial charge in [-0.05, 0) is 36.8 Å². The van der Waals surface area contributed by atoms with Gasteiger partial charge in [0.25, 0.3) is 11.5 Å². The Kier molecular flexibility index (Phi) is 4.91. The van der Waals surface area contributed by atoms with Crippen LogP contribution in [-0.4, -0.2) is 21.2 Å². The summed E-state index contributed by atoms with van der Waals surface area (Å²) in [6.07, 6.45) is 1.33. The van der Waals surface area contributed by atoms with Crippen molar-refractivity contribution in [3.8, 4) is 0 Å². The van der Waals surface area contributed by atoms with Crippen LogP contribution in [0.25, 0.3) is 21.2 Å². The second-order valence-electron chi connectivity index (χ2n) is 7.31. The van der Waals surface area contributed by atoms with Crippen molar-refractivity contribution in [2.75, 3.05) is 5.32 Å². The van der Waals surface area contributed by atoms with Gasteiger partial charge in [0, 0.05) is 11.1 Å². The van der Waals surface area contributed by atoms with Gasteiger partial charge in [0.2, 0.25) is 5.78 Å². The lowest BCUT2D eigenvalue weighted by Gasteiger charge is -2.04. The number of para-hydroxylation sites is 2. The third-order valence-electron chi connectivity index (χ3n) is 5.17. The molecule has 32 heavy (non-hydrogen) atoms. The monoisotopic (exact) mass is 443 g/mol. The van der Waals surface area contributed by atoms with Crippen LogP contribution in [0.3, 0.4) is 0 Å². The van der Waals surface area contributed by atoms with Gasteiger partial charge in [-0.3, -0.25) is 19.0 Å². The number of fused-ring (bicyclic) bond motifs is 2. The van der Waals surface area contributed by atoms with Crippen molar-refractivity contribution in [2.45, 2.75) is 13.5 Å². The molecule has 7 nitrogen and oxygen atoms in total. The first-order valence-corrected chi connectivity index (χ1v) is 10.7. The molecule has 5 aromatic rings. The second-order valence-corrected chi connectivity index (χ2v) is 8.30. The number of hydrogen-bond acceptors (Lipinski definition) is 6. The average molecular weight is 443 g/mol. The molecule has 0 bridgehead atoms. The molecule has 0 aliphatic carbocycles. The van der Waals surface area contributed by atoms with E-state index in [-0.39, 0.29) is 29.6 Å². The quantitative estimate of drug-likeness (QED) is 0.399. The molecule has 0 radical (unpaired) electrons. The molecule has 0 spiro atoms. The maximum absolute atomic E-state index is 13.1. The van der Waals surface area contributed by atoms with Gasteiger partial charge in [0.1, 0.15) is 10.4 Å². The van der Waals surface area contributed by atoms with Crippen molar-refractivity contribution in [1.29, 1.82) is 0 Å². The Morgan fingerprint density at radius 3 is 2.62 bits per heavy atom. The van der Waals surface area contributed by atoms with Crippen LogP contribution in [0.5, 0.6) is 0 Å². The maximum Gasteiger partial charge on any atom is 0.266 e. The van der Waals surface area contributed by atoms with Gasteiger partial charge >= 0.3 is 0 Å². The van der Waals surface area contributed by atoms with E-state index in [4.69, 9.17) is 4.42 Å². The first-order valence-electron chi connectivity index (χ1n) is 9.88. The van der Waals surface area contributed by atoms with E-state index in [2.05, 4.69) is 10.3 Å². The SMILES string of the molecule is Cc1c(C(=O)Nc2ccccc2)sc2ncn(CC(=O)c3cc4ccccc4o3)c(=O)c12. The van der Waals surface area contributed by atoms with Crippen molar-refractivity contribution in [3.05, 3.63) is 93.5 Å². The van der Waals surface area contributed by atoms with Crippen LogP contribution in [0.15, 0.2) is 76.2 Å². The predicted octanol–water partition coefficient (Wildman–Crippen LogP) is 4.65. The molecule has 158 valence electrons. The van der Waals surface area contributed by atoms with E-state index in [1.165, 1.54) is 10.9 Å². The number of furan rings is 1. The van der Waals surface area contributed by atoms with Crippen LogP contribution in [0.4, 0.5) is 5.69 Å². The predicted molar refractivity (Wildman–Crippen MR) is 124 cm³/mol. The van der Waals surface area contributed by atoms with Crippen LogP contribution in [0, 0.1) is 6.92 Å². The van der Waals surface area contributed by atoms with Gasteiger partial charge in [0.15, 0.2) is 5.76 Å². The highest BCUT2D eigenvalue weighted by molar-refractivity contribution is 7.20. The second kappa shape index (κ2) is 7.90. The van der Waals surface area contributed by atoms with Crippen molar-refractivity contribution in [3.63, 3.8) is 0 Å². The molecule has 0 fully saturated rings. The maximum atomic E-state index is 13.1. The standard InChI is InChI=1S/C24H17N3O4S/c1-14-20-23(32-21(14)22(29)26-16-8-3-2-4-9-16)25-13-27(24(20)30)12-17(28)19-11-15-7-5-6-10-18(15)31-19/h2-11,13H,12H2,1H3,(H,26,29). The van der Waals surface area contributed by atoms with E-state index >= 15 is 0 Å². The first kappa shape index (κ1) is 19.9. The van der Waals surface area contributed by atoms with Gasteiger partial charge in [-0.2, -0.15) is 0 Å². The minimum atomic E-state index is -0.369. The number of carbonyl (C=O) groups is 2. The van der Waals surface area contributed by atoms with Crippen molar-refractivity contribution in [2.24, 2.45) is 0 Å². The number of nitrogens with zero attached hydrogens (tertiary/aromatic N) is 2. The molecule has 0 saturated carbocycles. The summed E-state index contributed by atoms with van der Waals surface area (Å²) in [5.74, 6) is -0.455. The highest BCUT2D eigenvalue weighted by Crippen LogP contribution is 2.28. The summed E-state index contributed by atoms with van der Waals surface area (Å²) in [6, 6.07) is 18.1. The molecular formula is C24H17N3O4S. The van der Waals surface area contributed by atoms with Crippen molar-refractivity contribution >= 4 is 49.9 Å². The van der Waals surface area contributed by atoms with Gasteiger partial charge in [-0.25, -0.2) is 4.98 Å². The number of rotatable bonds is 5. The van der Waals surface area contributed by atoms with Crippen LogP contribution < -0.4 is 10.9 Å². The Morgan fingerprint density at radius 1 is 1.09 bits per heavy atom. The molecule has 2 aromatic carbocycles. The average Bonchev–Trinajstić information content (AvgIpc) is 3.38. The molecule has 0 aliphatic rings. The van der Waals surface area contributed by atoms with Crippen LogP contribution >= 0.6 is 11.3 Å². The number of benzene rings is 2. The zero-order valence-electron chi connectivity index (χ0n) is 17.0. The Labute approximate surface area is 185 Å². The molecule has 0 unspecified atom stereocenters. The van der Waals surface area contributed by atoms with Gasteiger partial charge in [0.05, 0.1) is 23.1 Å². The summed E-state index contributed by atoms with van der Waals surface area (Å²) in [5, 5.41) is 3.99. The molecule has 5 rings (SSSR count). The number of carbonyl (C=O) groups excluding carboxylic acids is 2. The first-order chi connectivity index (χ1) is 15.5. The Balaban J connectivity index is 1.45. The van der Waals surface area contributed by atoms with E-state index in [1.807, 2.05) is 36.4 Å². The van der Waals surface area contributed by atoms with E-state index < -0.39 is 0 Å². The number of nitrogens with one attached hydrogen (secondary N) is 1. The molecule has 3 heterocycles. The third-order valence-corrected chi connectivity index (χ3v) is 6.37. The minimum Gasteiger partial charge on any atom is -0.453 e. The smallest absolute Gasteiger partial charge is 0.266 e. The Hall–Kier alpha value is -4.04. The number of hydrogen-bond donors (Lipinski definition) is 1. The number of ketones is 1. The number of amides is 1. The lowest BCUT2D eigenvalue weighted by Crippen LogP contribution is -2.24. The summed E-state index contributed by atoms with van der Waals surface area (Å²) in [4.78, 5) is 43.8. The van der Waals surface area contributed by atoms with E-state index in [9.17, 15) is 14.4 Å². The summed E-state index contributed by atoms with van der Waals surface area (Å²) in [7, 11) is 0. The molecule has 8 heteroatoms. The minimum absolute atomic E-state index is 0.183. The molecule has 0 saturated heterocycles. The van der Waals surface area contributed by atoms with Gasteiger partial charge in [-0.15, -0.1) is 11.3 Å². The van der Waals surface area contributed by atoms with E-state index in [0.717, 1.165) is 16.7 Å². The summed E-state index contributed by atoms with van der Waals surface area (Å²) >= 11 is 1.15. The van der Waals surface area contributed by atoms with E-state index in [1.54, 1.807) is 31.2 Å². The van der Waals surface area contributed by atoms with Crippen LogP contribution in [0.1, 0.15) is 25.8 Å². The largest absolute Gasteiger partial charge is 0.453 e.